The van der Waals surface area contributed by atoms with Crippen LogP contribution in [0, 0.1) is 0 Å². The average molecular weight is 426 g/mol. The first-order valence-electron chi connectivity index (χ1n) is 9.65. The van der Waals surface area contributed by atoms with E-state index in [9.17, 15) is 13.2 Å². The first-order valence-corrected chi connectivity index (χ1v) is 11.1. The molecule has 156 valence electrons. The lowest BCUT2D eigenvalue weighted by Crippen LogP contribution is -2.46. The molecule has 0 bridgehead atoms. The first kappa shape index (κ1) is 20.3. The van der Waals surface area contributed by atoms with Crippen LogP contribution in [-0.4, -0.2) is 66.5 Å². The Morgan fingerprint density at radius 3 is 2.27 bits per heavy atom. The quantitative estimate of drug-likeness (QED) is 0.676. The SMILES string of the molecule is CN1CCN(S(=O)(=O)c2ccc(NC(=O)c3ccn(-c4ccccc4)n3)cc2)CC1. The summed E-state index contributed by atoms with van der Waals surface area (Å²) in [5.74, 6) is -0.362. The summed E-state index contributed by atoms with van der Waals surface area (Å²) in [5.41, 5.74) is 1.63. The zero-order valence-electron chi connectivity index (χ0n) is 16.6. The van der Waals surface area contributed by atoms with Crippen molar-refractivity contribution < 1.29 is 13.2 Å². The van der Waals surface area contributed by atoms with Crippen LogP contribution in [0.2, 0.25) is 0 Å². The van der Waals surface area contributed by atoms with E-state index in [1.54, 1.807) is 29.1 Å². The number of nitrogens with one attached hydrogen (secondary N) is 1. The highest BCUT2D eigenvalue weighted by Crippen LogP contribution is 2.20. The largest absolute Gasteiger partial charge is 0.321 e. The Hall–Kier alpha value is -3.01. The Labute approximate surface area is 175 Å². The van der Waals surface area contributed by atoms with Gasteiger partial charge in [-0.3, -0.25) is 4.79 Å². The zero-order chi connectivity index (χ0) is 21.1. The maximum atomic E-state index is 12.8. The predicted octanol–water partition coefficient (Wildman–Crippen LogP) is 2.06. The Morgan fingerprint density at radius 2 is 1.60 bits per heavy atom. The fraction of sp³-hybridized carbons (Fsp3) is 0.238. The van der Waals surface area contributed by atoms with Crippen LogP contribution in [0.5, 0.6) is 0 Å². The van der Waals surface area contributed by atoms with Gasteiger partial charge in [0.25, 0.3) is 5.91 Å². The maximum absolute atomic E-state index is 12.8. The number of carbonyl (C=O) groups is 1. The molecule has 0 saturated carbocycles. The summed E-state index contributed by atoms with van der Waals surface area (Å²) in [6.45, 7) is 2.37. The number of benzene rings is 2. The van der Waals surface area contributed by atoms with E-state index in [1.165, 1.54) is 16.4 Å². The molecule has 2 aromatic carbocycles. The number of para-hydroxylation sites is 1. The number of carbonyl (C=O) groups excluding carboxylic acids is 1. The van der Waals surface area contributed by atoms with Gasteiger partial charge in [-0.2, -0.15) is 9.40 Å². The third kappa shape index (κ3) is 4.28. The maximum Gasteiger partial charge on any atom is 0.276 e. The molecule has 1 aromatic heterocycles. The molecule has 1 N–H and O–H groups in total. The van der Waals surface area contributed by atoms with Gasteiger partial charge in [-0.15, -0.1) is 0 Å². The van der Waals surface area contributed by atoms with Gasteiger partial charge in [0.05, 0.1) is 10.6 Å². The van der Waals surface area contributed by atoms with E-state index in [0.29, 0.717) is 31.9 Å². The molecule has 1 saturated heterocycles. The lowest BCUT2D eigenvalue weighted by Gasteiger charge is -2.31. The van der Waals surface area contributed by atoms with Crippen molar-refractivity contribution in [3.63, 3.8) is 0 Å². The highest BCUT2D eigenvalue weighted by atomic mass is 32.2. The molecule has 8 nitrogen and oxygen atoms in total. The molecule has 0 atom stereocenters. The number of likely N-dealkylation sites (N-methyl/N-ethyl adjacent to an activating group) is 1. The minimum Gasteiger partial charge on any atom is -0.321 e. The normalized spacial score (nSPS) is 15.8. The lowest BCUT2D eigenvalue weighted by molar-refractivity contribution is 0.102. The van der Waals surface area contributed by atoms with E-state index in [0.717, 1.165) is 5.69 Å². The Balaban J connectivity index is 1.43. The molecule has 0 radical (unpaired) electrons. The molecule has 3 aromatic rings. The van der Waals surface area contributed by atoms with Gasteiger partial charge in [0.15, 0.2) is 5.69 Å². The molecule has 1 fully saturated rings. The van der Waals surface area contributed by atoms with Crippen LogP contribution in [-0.2, 0) is 10.0 Å². The third-order valence-corrected chi connectivity index (χ3v) is 6.97. The van der Waals surface area contributed by atoms with E-state index >= 15 is 0 Å². The van der Waals surface area contributed by atoms with Gasteiger partial charge in [0, 0.05) is 38.1 Å². The summed E-state index contributed by atoms with van der Waals surface area (Å²) < 4.78 is 28.7. The van der Waals surface area contributed by atoms with Gasteiger partial charge in [-0.25, -0.2) is 13.1 Å². The van der Waals surface area contributed by atoms with Crippen molar-refractivity contribution in [1.82, 2.24) is 19.0 Å². The van der Waals surface area contributed by atoms with Gasteiger partial charge in [-0.1, -0.05) is 18.2 Å². The highest BCUT2D eigenvalue weighted by molar-refractivity contribution is 7.89. The molecule has 1 amide bonds. The molecule has 4 rings (SSSR count). The number of sulfonamides is 1. The summed E-state index contributed by atoms with van der Waals surface area (Å²) in [5, 5.41) is 7.06. The first-order chi connectivity index (χ1) is 14.4. The topological polar surface area (TPSA) is 87.5 Å². The molecule has 0 aliphatic carbocycles. The van der Waals surface area contributed by atoms with Crippen LogP contribution in [0.4, 0.5) is 5.69 Å². The number of hydrogen-bond donors (Lipinski definition) is 1. The van der Waals surface area contributed by atoms with Crippen molar-refractivity contribution >= 4 is 21.6 Å². The summed E-state index contributed by atoms with van der Waals surface area (Å²) in [4.78, 5) is 14.8. The number of piperazine rings is 1. The van der Waals surface area contributed by atoms with Gasteiger partial charge >= 0.3 is 0 Å². The Kier molecular flexibility index (Phi) is 5.67. The average Bonchev–Trinajstić information content (AvgIpc) is 3.26. The van der Waals surface area contributed by atoms with Crippen molar-refractivity contribution in [2.24, 2.45) is 0 Å². The molecule has 1 aliphatic heterocycles. The second-order valence-electron chi connectivity index (χ2n) is 7.17. The molecular weight excluding hydrogens is 402 g/mol. The summed E-state index contributed by atoms with van der Waals surface area (Å²) in [6, 6.07) is 17.4. The van der Waals surface area contributed by atoms with Crippen LogP contribution < -0.4 is 5.32 Å². The van der Waals surface area contributed by atoms with Crippen LogP contribution in [0.3, 0.4) is 0 Å². The van der Waals surface area contributed by atoms with Gasteiger partial charge in [0.2, 0.25) is 10.0 Å². The third-order valence-electron chi connectivity index (χ3n) is 5.05. The number of nitrogens with zero attached hydrogens (tertiary/aromatic N) is 4. The number of anilines is 1. The molecular formula is C21H23N5O3S. The standard InChI is InChI=1S/C21H23N5O3S/c1-24-13-15-25(16-14-24)30(28,29)19-9-7-17(8-10-19)22-21(27)20-11-12-26(23-20)18-5-3-2-4-6-18/h2-12H,13-16H2,1H3,(H,22,27). The molecule has 0 unspecified atom stereocenters. The molecule has 2 heterocycles. The van der Waals surface area contributed by atoms with Crippen molar-refractivity contribution in [3.8, 4) is 5.69 Å². The van der Waals surface area contributed by atoms with Gasteiger partial charge in [0.1, 0.15) is 0 Å². The van der Waals surface area contributed by atoms with E-state index in [1.807, 2.05) is 37.4 Å². The minimum absolute atomic E-state index is 0.221. The van der Waals surface area contributed by atoms with Crippen molar-refractivity contribution in [3.05, 3.63) is 72.6 Å². The van der Waals surface area contributed by atoms with Crippen LogP contribution in [0.25, 0.3) is 5.69 Å². The predicted molar refractivity (Wildman–Crippen MR) is 114 cm³/mol. The summed E-state index contributed by atoms with van der Waals surface area (Å²) >= 11 is 0. The monoisotopic (exact) mass is 425 g/mol. The van der Waals surface area contributed by atoms with Gasteiger partial charge in [-0.05, 0) is 49.5 Å². The van der Waals surface area contributed by atoms with Crippen LogP contribution in [0.15, 0.2) is 71.8 Å². The van der Waals surface area contributed by atoms with Crippen molar-refractivity contribution in [2.45, 2.75) is 4.90 Å². The van der Waals surface area contributed by atoms with E-state index in [4.69, 9.17) is 0 Å². The fourth-order valence-corrected chi connectivity index (χ4v) is 4.67. The van der Waals surface area contributed by atoms with Crippen molar-refractivity contribution in [2.75, 3.05) is 38.5 Å². The lowest BCUT2D eigenvalue weighted by atomic mass is 10.3. The summed E-state index contributed by atoms with van der Waals surface area (Å²) in [6.07, 6.45) is 1.72. The minimum atomic E-state index is -3.53. The second kappa shape index (κ2) is 8.39. The number of aromatic nitrogens is 2. The molecule has 9 heteroatoms. The second-order valence-corrected chi connectivity index (χ2v) is 9.10. The Morgan fingerprint density at radius 1 is 0.933 bits per heavy atom. The number of hydrogen-bond acceptors (Lipinski definition) is 5. The molecule has 1 aliphatic rings. The zero-order valence-corrected chi connectivity index (χ0v) is 17.4. The van der Waals surface area contributed by atoms with Crippen LogP contribution >= 0.6 is 0 Å². The van der Waals surface area contributed by atoms with E-state index in [2.05, 4.69) is 15.3 Å². The molecule has 30 heavy (non-hydrogen) atoms. The fourth-order valence-electron chi connectivity index (χ4n) is 3.25. The van der Waals surface area contributed by atoms with Crippen LogP contribution in [0.1, 0.15) is 10.5 Å². The number of amides is 1. The van der Waals surface area contributed by atoms with Gasteiger partial charge < -0.3 is 10.2 Å². The van der Waals surface area contributed by atoms with Crippen molar-refractivity contribution in [1.29, 1.82) is 0 Å². The highest BCUT2D eigenvalue weighted by Gasteiger charge is 2.27. The van der Waals surface area contributed by atoms with E-state index in [-0.39, 0.29) is 16.5 Å². The Bertz CT molecular complexity index is 1120. The molecule has 0 spiro atoms. The number of rotatable bonds is 5. The summed E-state index contributed by atoms with van der Waals surface area (Å²) in [7, 11) is -1.56. The van der Waals surface area contributed by atoms with E-state index < -0.39 is 10.0 Å². The smallest absolute Gasteiger partial charge is 0.276 e.